The van der Waals surface area contributed by atoms with Crippen LogP contribution in [0.25, 0.3) is 0 Å². The van der Waals surface area contributed by atoms with Crippen LogP contribution >= 0.6 is 19.6 Å². The maximum atomic E-state index is 11.9. The van der Waals surface area contributed by atoms with E-state index < -0.39 is 7.82 Å². The number of nitrogens with zero attached hydrogens (tertiary/aromatic N) is 1. The molecule has 9 heteroatoms. The third kappa shape index (κ3) is 24.9. The molecular weight excluding hydrogens is 473 g/mol. The Morgan fingerprint density at radius 1 is 0.882 bits per heavy atom. The molecule has 0 rings (SSSR count). The highest BCUT2D eigenvalue weighted by Crippen LogP contribution is 2.43. The molecule has 7 nitrogen and oxygen atoms in total. The van der Waals surface area contributed by atoms with E-state index in [2.05, 4.69) is 13.6 Å². The topological polar surface area (TPSA) is 85.1 Å². The van der Waals surface area contributed by atoms with Crippen molar-refractivity contribution in [3.63, 3.8) is 0 Å². The number of carbonyl (C=O) groups is 1. The van der Waals surface area contributed by atoms with Gasteiger partial charge in [0.05, 0.1) is 18.5 Å². The number of unbranched alkanes of at least 4 members (excludes halogenated alkanes) is 13. The zero-order chi connectivity index (χ0) is 25.5. The Hall–Kier alpha value is -0.240. The smallest absolute Gasteiger partial charge is 0.380 e. The lowest BCUT2D eigenvalue weighted by molar-refractivity contribution is -0.490. The maximum absolute atomic E-state index is 11.9. The lowest BCUT2D eigenvalue weighted by Gasteiger charge is -2.17. The molecular formula is C25H51NO6PS+. The summed E-state index contributed by atoms with van der Waals surface area (Å²) in [6.07, 6.45) is 18.4. The molecule has 0 aliphatic heterocycles. The third-order valence-corrected chi connectivity index (χ3v) is 7.35. The van der Waals surface area contributed by atoms with Gasteiger partial charge in [0.25, 0.3) is 0 Å². The van der Waals surface area contributed by atoms with E-state index in [1.807, 2.05) is 0 Å². The Morgan fingerprint density at radius 3 is 1.85 bits per heavy atom. The molecule has 0 aromatic carbocycles. The largest absolute Gasteiger partial charge is 0.472 e. The predicted molar refractivity (Wildman–Crippen MR) is 143 cm³/mol. The highest BCUT2D eigenvalue weighted by Gasteiger charge is 2.25. The lowest BCUT2D eigenvalue weighted by Crippen LogP contribution is -2.21. The van der Waals surface area contributed by atoms with Gasteiger partial charge in [0, 0.05) is 13.5 Å². The lowest BCUT2D eigenvalue weighted by atomic mass is 10.0. The van der Waals surface area contributed by atoms with Gasteiger partial charge < -0.3 is 9.63 Å². The molecule has 0 aromatic rings. The van der Waals surface area contributed by atoms with E-state index in [1.54, 1.807) is 11.6 Å². The highest BCUT2D eigenvalue weighted by atomic mass is 32.2. The summed E-state index contributed by atoms with van der Waals surface area (Å²) in [5.74, 6) is 0. The first-order valence-corrected chi connectivity index (χ1v) is 15.5. The first kappa shape index (κ1) is 33.8. The monoisotopic (exact) mass is 524 g/mol. The van der Waals surface area contributed by atoms with Crippen molar-refractivity contribution in [2.45, 2.75) is 109 Å². The summed E-state index contributed by atoms with van der Waals surface area (Å²) in [6, 6.07) is 0. The van der Waals surface area contributed by atoms with Gasteiger partial charge in [0.2, 0.25) is 0 Å². The molecule has 0 aliphatic carbocycles. The summed E-state index contributed by atoms with van der Waals surface area (Å²) < 4.78 is 29.2. The number of phosphoric acid groups is 1. The molecule has 0 saturated heterocycles. The van der Waals surface area contributed by atoms with Crippen LogP contribution < -0.4 is 0 Å². The van der Waals surface area contributed by atoms with Crippen molar-refractivity contribution in [1.29, 1.82) is 0 Å². The van der Waals surface area contributed by atoms with Gasteiger partial charge in [0.1, 0.15) is 20.4 Å². The van der Waals surface area contributed by atoms with Crippen molar-refractivity contribution >= 4 is 31.4 Å². The summed E-state index contributed by atoms with van der Waals surface area (Å²) in [7, 11) is -2.42. The zero-order valence-electron chi connectivity index (χ0n) is 22.0. The van der Waals surface area contributed by atoms with E-state index in [1.165, 1.54) is 84.0 Å². The van der Waals surface area contributed by atoms with Gasteiger partial charge in [-0.2, -0.15) is 0 Å². The molecule has 2 atom stereocenters. The molecule has 0 aliphatic rings. The Morgan fingerprint density at radius 2 is 1.38 bits per heavy atom. The van der Waals surface area contributed by atoms with Crippen LogP contribution in [0.1, 0.15) is 104 Å². The summed E-state index contributed by atoms with van der Waals surface area (Å²) >= 11 is 1.06. The fourth-order valence-electron chi connectivity index (χ4n) is 3.49. The average molecular weight is 525 g/mol. The molecule has 0 fully saturated rings. The molecule has 0 radical (unpaired) electrons. The average Bonchev–Trinajstić information content (AvgIpc) is 2.76. The third-order valence-electron chi connectivity index (χ3n) is 5.43. The number of hydrogen-bond acceptors (Lipinski definition) is 6. The van der Waals surface area contributed by atoms with E-state index in [0.29, 0.717) is 19.8 Å². The maximum Gasteiger partial charge on any atom is 0.472 e. The second-order valence-corrected chi connectivity index (χ2v) is 12.0. The van der Waals surface area contributed by atoms with Crippen molar-refractivity contribution in [3.05, 3.63) is 0 Å². The Kier molecular flexibility index (Phi) is 23.0. The Bertz CT molecular complexity index is 564. The molecule has 34 heavy (non-hydrogen) atoms. The predicted octanol–water partition coefficient (Wildman–Crippen LogP) is 6.61. The van der Waals surface area contributed by atoms with E-state index in [4.69, 9.17) is 13.8 Å². The van der Waals surface area contributed by atoms with Gasteiger partial charge in [-0.25, -0.2) is 9.14 Å². The number of likely N-dealkylation sites (N-methyl/N-ethyl adjacent to an activating group) is 1. The number of rotatable bonds is 25. The van der Waals surface area contributed by atoms with Crippen LogP contribution in [0.2, 0.25) is 0 Å². The van der Waals surface area contributed by atoms with Gasteiger partial charge in [-0.1, -0.05) is 102 Å². The van der Waals surface area contributed by atoms with E-state index in [9.17, 15) is 14.3 Å². The molecule has 0 spiro atoms. The number of phosphoric ester groups is 1. The fraction of sp³-hybridized carbons (Fsp3) is 0.920. The molecule has 1 N–H and O–H groups in total. The summed E-state index contributed by atoms with van der Waals surface area (Å²) in [6.45, 7) is 8.64. The summed E-state index contributed by atoms with van der Waals surface area (Å²) in [4.78, 5) is 21.2. The zero-order valence-corrected chi connectivity index (χ0v) is 23.7. The minimum absolute atomic E-state index is 0.0356. The van der Waals surface area contributed by atoms with Crippen LogP contribution in [0, 0.1) is 0 Å². The quantitative estimate of drug-likeness (QED) is 0.0622. The van der Waals surface area contributed by atoms with Crippen LogP contribution in [0.15, 0.2) is 0 Å². The van der Waals surface area contributed by atoms with Crippen LogP contribution in [-0.2, 0) is 23.1 Å². The number of thioether (sulfide) groups is 1. The summed E-state index contributed by atoms with van der Waals surface area (Å²) in [5, 5.41) is -0.426. The molecule has 0 aromatic heterocycles. The van der Waals surface area contributed by atoms with Crippen molar-refractivity contribution in [2.24, 2.45) is 0 Å². The van der Waals surface area contributed by atoms with E-state index in [0.717, 1.165) is 24.6 Å². The van der Waals surface area contributed by atoms with E-state index in [-0.39, 0.29) is 23.6 Å². The van der Waals surface area contributed by atoms with Crippen molar-refractivity contribution < 1.29 is 32.6 Å². The first-order chi connectivity index (χ1) is 16.3. The van der Waals surface area contributed by atoms with Crippen LogP contribution in [0.3, 0.4) is 0 Å². The van der Waals surface area contributed by atoms with Crippen LogP contribution in [-0.4, -0.2) is 66.6 Å². The van der Waals surface area contributed by atoms with Crippen molar-refractivity contribution in [2.75, 3.05) is 40.0 Å². The second kappa shape index (κ2) is 23.2. The van der Waals surface area contributed by atoms with Crippen molar-refractivity contribution in [3.8, 4) is 0 Å². The number of ether oxygens (including phenoxy) is 1. The summed E-state index contributed by atoms with van der Waals surface area (Å²) in [5.41, 5.74) is 0. The Balaban J connectivity index is 3.72. The molecule has 1 unspecified atom stereocenters. The van der Waals surface area contributed by atoms with Gasteiger partial charge in [0.15, 0.2) is 11.7 Å². The van der Waals surface area contributed by atoms with Gasteiger partial charge in [-0.15, -0.1) is 0 Å². The van der Waals surface area contributed by atoms with Gasteiger partial charge in [-0.3, -0.25) is 13.8 Å². The Labute approximate surface area is 213 Å². The molecule has 0 saturated carbocycles. The number of hydrogen-bond donors (Lipinski definition) is 1. The first-order valence-electron chi connectivity index (χ1n) is 13.1. The van der Waals surface area contributed by atoms with Gasteiger partial charge in [-0.05, 0) is 6.42 Å². The van der Waals surface area contributed by atoms with Crippen molar-refractivity contribution in [1.82, 2.24) is 0 Å². The van der Waals surface area contributed by atoms with E-state index >= 15 is 0 Å². The second-order valence-electron chi connectivity index (χ2n) is 9.08. The molecule has 0 amide bonds. The molecule has 0 heterocycles. The fourth-order valence-corrected chi connectivity index (χ4v) is 5.12. The minimum Gasteiger partial charge on any atom is -0.380 e. The van der Waals surface area contributed by atoms with Crippen LogP contribution in [0.5, 0.6) is 0 Å². The SMILES string of the molecule is C=[N+](C)CCOP(=O)(O)OC[C@@H](COCCCCCCCCCCCCCCCC)SC(C)=O. The minimum atomic E-state index is -4.16. The standard InChI is InChI=1S/C25H50NO6PS/c1-5-6-7-8-9-10-11-12-13-14-15-16-17-18-20-30-22-25(34-24(2)27)23-32-33(28,29)31-21-19-26(3)4/h25H,3,5-23H2,1-2,4H3/p+1/t25-/m1/s1. The van der Waals surface area contributed by atoms with Gasteiger partial charge >= 0.3 is 7.82 Å². The highest BCUT2D eigenvalue weighted by molar-refractivity contribution is 8.14. The molecule has 202 valence electrons. The van der Waals surface area contributed by atoms with Crippen LogP contribution in [0.4, 0.5) is 0 Å². The molecule has 0 bridgehead atoms. The number of carbonyl (C=O) groups excluding carboxylic acids is 1. The normalized spacial score (nSPS) is 14.1.